The lowest BCUT2D eigenvalue weighted by molar-refractivity contribution is 0.315. The fourth-order valence-electron chi connectivity index (χ4n) is 1.45. The Morgan fingerprint density at radius 1 is 1.47 bits per heavy atom. The van der Waals surface area contributed by atoms with Crippen molar-refractivity contribution < 1.29 is 12.8 Å². The Hall–Kier alpha value is -0.690. The number of nitrogens with two attached hydrogens (primary N) is 1. The Bertz CT molecular complexity index is 563. The highest BCUT2D eigenvalue weighted by atomic mass is 35.5. The van der Waals surface area contributed by atoms with E-state index in [1.54, 1.807) is 6.92 Å². The normalized spacial score (nSPS) is 15.5. The zero-order chi connectivity index (χ0) is 14.8. The molecule has 0 aliphatic heterocycles. The minimum atomic E-state index is -3.85. The molecule has 0 radical (unpaired) electrons. The second-order valence-corrected chi connectivity index (χ2v) is 7.01. The van der Waals surface area contributed by atoms with Gasteiger partial charge in [-0.05, 0) is 31.0 Å². The molecule has 4 nitrogen and oxygen atoms in total. The minimum Gasteiger partial charge on any atom is -0.329 e. The van der Waals surface area contributed by atoms with Gasteiger partial charge in [0.15, 0.2) is 0 Å². The summed E-state index contributed by atoms with van der Waals surface area (Å²) in [5.74, 6) is -0.596. The highest BCUT2D eigenvalue weighted by Gasteiger charge is 2.33. The zero-order valence-corrected chi connectivity index (χ0v) is 12.6. The van der Waals surface area contributed by atoms with Gasteiger partial charge in [0.05, 0.1) is 5.02 Å². The van der Waals surface area contributed by atoms with E-state index >= 15 is 0 Å². The molecule has 0 saturated heterocycles. The van der Waals surface area contributed by atoms with Crippen molar-refractivity contribution in [3.05, 3.63) is 29.0 Å². The third-order valence-corrected chi connectivity index (χ3v) is 5.34. The van der Waals surface area contributed by atoms with E-state index in [1.165, 1.54) is 0 Å². The van der Waals surface area contributed by atoms with Crippen LogP contribution in [-0.2, 0) is 10.0 Å². The van der Waals surface area contributed by atoms with Crippen LogP contribution in [0.1, 0.15) is 20.8 Å². The second-order valence-electron chi connectivity index (χ2n) is 4.96. The van der Waals surface area contributed by atoms with Gasteiger partial charge in [-0.25, -0.2) is 17.5 Å². The van der Waals surface area contributed by atoms with Crippen LogP contribution in [0.15, 0.2) is 23.1 Å². The van der Waals surface area contributed by atoms with Crippen molar-refractivity contribution in [2.75, 3.05) is 6.54 Å². The van der Waals surface area contributed by atoms with Crippen LogP contribution in [0.25, 0.3) is 0 Å². The molecule has 3 N–H and O–H groups in total. The standard InChI is InChI=1S/C12H18ClFN2O2S/c1-8(2)12(3,7-15)16-19(17,18)11-5-4-9(14)6-10(11)13/h4-6,8,16H,7,15H2,1-3H3. The van der Waals surface area contributed by atoms with Gasteiger partial charge in [0, 0.05) is 12.1 Å². The molecule has 1 aromatic carbocycles. The van der Waals surface area contributed by atoms with E-state index < -0.39 is 21.4 Å². The van der Waals surface area contributed by atoms with Gasteiger partial charge in [0.1, 0.15) is 10.7 Å². The summed E-state index contributed by atoms with van der Waals surface area (Å²) < 4.78 is 40.0. The molecule has 0 aromatic heterocycles. The van der Waals surface area contributed by atoms with Gasteiger partial charge in [-0.1, -0.05) is 25.4 Å². The molecule has 0 spiro atoms. The summed E-state index contributed by atoms with van der Waals surface area (Å²) >= 11 is 5.78. The highest BCUT2D eigenvalue weighted by Crippen LogP contribution is 2.25. The molecule has 1 rings (SSSR count). The summed E-state index contributed by atoms with van der Waals surface area (Å²) in [5, 5.41) is -0.157. The van der Waals surface area contributed by atoms with Gasteiger partial charge >= 0.3 is 0 Å². The average Bonchev–Trinajstić information content (AvgIpc) is 2.27. The van der Waals surface area contributed by atoms with Crippen molar-refractivity contribution in [1.82, 2.24) is 4.72 Å². The van der Waals surface area contributed by atoms with Crippen LogP contribution < -0.4 is 10.5 Å². The minimum absolute atomic E-state index is 0.00787. The monoisotopic (exact) mass is 308 g/mol. The van der Waals surface area contributed by atoms with Crippen molar-refractivity contribution in [3.8, 4) is 0 Å². The highest BCUT2D eigenvalue weighted by molar-refractivity contribution is 7.89. The second kappa shape index (κ2) is 5.75. The van der Waals surface area contributed by atoms with E-state index in [9.17, 15) is 12.8 Å². The lowest BCUT2D eigenvalue weighted by atomic mass is 9.90. The van der Waals surface area contributed by atoms with Gasteiger partial charge in [-0.2, -0.15) is 0 Å². The number of hydrogen-bond donors (Lipinski definition) is 2. The Morgan fingerprint density at radius 2 is 2.05 bits per heavy atom. The maximum absolute atomic E-state index is 12.9. The van der Waals surface area contributed by atoms with Crippen LogP contribution in [0.2, 0.25) is 5.02 Å². The van der Waals surface area contributed by atoms with Crippen LogP contribution in [0, 0.1) is 11.7 Å². The van der Waals surface area contributed by atoms with Crippen LogP contribution in [-0.4, -0.2) is 20.5 Å². The summed E-state index contributed by atoms with van der Waals surface area (Å²) in [6.07, 6.45) is 0. The number of nitrogens with one attached hydrogen (secondary N) is 1. The average molecular weight is 309 g/mol. The summed E-state index contributed by atoms with van der Waals surface area (Å²) in [6, 6.07) is 3.15. The predicted octanol–water partition coefficient (Wildman–Crippen LogP) is 2.13. The summed E-state index contributed by atoms with van der Waals surface area (Å²) in [6.45, 7) is 5.58. The van der Waals surface area contributed by atoms with Crippen LogP contribution in [0.5, 0.6) is 0 Å². The van der Waals surface area contributed by atoms with Gasteiger partial charge in [0.25, 0.3) is 0 Å². The van der Waals surface area contributed by atoms with Crippen molar-refractivity contribution in [3.63, 3.8) is 0 Å². The first-order valence-electron chi connectivity index (χ1n) is 5.81. The quantitative estimate of drug-likeness (QED) is 0.875. The lowest BCUT2D eigenvalue weighted by Crippen LogP contribution is -2.54. The number of rotatable bonds is 5. The molecule has 0 heterocycles. The lowest BCUT2D eigenvalue weighted by Gasteiger charge is -2.33. The van der Waals surface area contributed by atoms with Crippen LogP contribution >= 0.6 is 11.6 Å². The molecule has 19 heavy (non-hydrogen) atoms. The Morgan fingerprint density at radius 3 is 2.47 bits per heavy atom. The zero-order valence-electron chi connectivity index (χ0n) is 11.1. The maximum Gasteiger partial charge on any atom is 0.242 e. The SMILES string of the molecule is CC(C)C(C)(CN)NS(=O)(=O)c1ccc(F)cc1Cl. The number of benzene rings is 1. The molecule has 108 valence electrons. The molecule has 1 unspecified atom stereocenters. The van der Waals surface area contributed by atoms with E-state index in [-0.39, 0.29) is 22.4 Å². The van der Waals surface area contributed by atoms with E-state index in [2.05, 4.69) is 4.72 Å². The molecule has 0 amide bonds. The molecule has 0 bridgehead atoms. The van der Waals surface area contributed by atoms with Gasteiger partial charge in [-0.15, -0.1) is 0 Å². The maximum atomic E-state index is 12.9. The molecule has 1 aromatic rings. The van der Waals surface area contributed by atoms with E-state index in [1.807, 2.05) is 13.8 Å². The molecule has 1 atom stereocenters. The van der Waals surface area contributed by atoms with Crippen molar-refractivity contribution >= 4 is 21.6 Å². The topological polar surface area (TPSA) is 72.2 Å². The summed E-state index contributed by atoms with van der Waals surface area (Å²) in [5.41, 5.74) is 4.84. The number of hydrogen-bond acceptors (Lipinski definition) is 3. The van der Waals surface area contributed by atoms with E-state index in [4.69, 9.17) is 17.3 Å². The summed E-state index contributed by atoms with van der Waals surface area (Å²) in [4.78, 5) is -0.157. The number of halogens is 2. The fraction of sp³-hybridized carbons (Fsp3) is 0.500. The first-order chi connectivity index (χ1) is 8.62. The third-order valence-electron chi connectivity index (χ3n) is 3.25. The molecule has 0 aliphatic rings. The summed E-state index contributed by atoms with van der Waals surface area (Å²) in [7, 11) is -3.85. The molecule has 7 heteroatoms. The molecular formula is C12H18ClFN2O2S. The Labute approximate surface area is 118 Å². The van der Waals surface area contributed by atoms with Gasteiger partial charge in [-0.3, -0.25) is 0 Å². The van der Waals surface area contributed by atoms with Gasteiger partial charge < -0.3 is 5.73 Å². The fourth-order valence-corrected chi connectivity index (χ4v) is 3.53. The number of sulfonamides is 1. The largest absolute Gasteiger partial charge is 0.329 e. The van der Waals surface area contributed by atoms with Crippen molar-refractivity contribution in [2.45, 2.75) is 31.2 Å². The molecule has 0 saturated carbocycles. The van der Waals surface area contributed by atoms with E-state index in [0.717, 1.165) is 18.2 Å². The van der Waals surface area contributed by atoms with Crippen molar-refractivity contribution in [1.29, 1.82) is 0 Å². The molecule has 0 fully saturated rings. The van der Waals surface area contributed by atoms with Crippen LogP contribution in [0.4, 0.5) is 4.39 Å². The van der Waals surface area contributed by atoms with Crippen LogP contribution in [0.3, 0.4) is 0 Å². The molecule has 0 aliphatic carbocycles. The Balaban J connectivity index is 3.18. The molecular weight excluding hydrogens is 291 g/mol. The van der Waals surface area contributed by atoms with Gasteiger partial charge in [0.2, 0.25) is 10.0 Å². The van der Waals surface area contributed by atoms with E-state index in [0.29, 0.717) is 0 Å². The third kappa shape index (κ3) is 3.66. The Kier molecular flexibility index (Phi) is 4.95. The first-order valence-corrected chi connectivity index (χ1v) is 7.67. The predicted molar refractivity (Wildman–Crippen MR) is 74.0 cm³/mol. The first kappa shape index (κ1) is 16.4. The smallest absolute Gasteiger partial charge is 0.242 e. The van der Waals surface area contributed by atoms with Crippen molar-refractivity contribution in [2.24, 2.45) is 11.7 Å².